The van der Waals surface area contributed by atoms with E-state index in [1.54, 1.807) is 0 Å². The fourth-order valence-corrected chi connectivity index (χ4v) is 2.18. The Morgan fingerprint density at radius 1 is 1.05 bits per heavy atom. The molecule has 2 heteroatoms. The molecule has 0 heterocycles. The van der Waals surface area contributed by atoms with Crippen molar-refractivity contribution >= 4 is 23.2 Å². The average molecular weight is 298 g/mol. The molecule has 0 amide bonds. The topological polar surface area (TPSA) is 12.4 Å². The number of hydrogen-bond acceptors (Lipinski definition) is 1. The van der Waals surface area contributed by atoms with Gasteiger partial charge in [0.05, 0.1) is 5.69 Å². The number of rotatable bonds is 4. The molecular weight excluding hydrogens is 278 g/mol. The van der Waals surface area contributed by atoms with E-state index in [1.807, 2.05) is 30.3 Å². The number of hydrogen-bond donors (Lipinski definition) is 0. The Balaban J connectivity index is 2.18. The van der Waals surface area contributed by atoms with Crippen LogP contribution in [0.3, 0.4) is 0 Å². The molecule has 0 saturated heterocycles. The zero-order valence-electron chi connectivity index (χ0n) is 12.7. The molecule has 0 saturated carbocycles. The summed E-state index contributed by atoms with van der Waals surface area (Å²) in [5.74, 6) is 3.18. The third-order valence-corrected chi connectivity index (χ3v) is 3.94. The molecule has 0 N–H and O–H groups in total. The van der Waals surface area contributed by atoms with Crippen LogP contribution >= 0.6 is 11.6 Å². The van der Waals surface area contributed by atoms with Gasteiger partial charge in [-0.05, 0) is 60.0 Å². The summed E-state index contributed by atoms with van der Waals surface area (Å²) in [5.41, 5.74) is 3.36. The van der Waals surface area contributed by atoms with Gasteiger partial charge >= 0.3 is 0 Å². The second kappa shape index (κ2) is 6.76. The summed E-state index contributed by atoms with van der Waals surface area (Å²) in [5, 5.41) is 0.721. The Kier molecular flexibility index (Phi) is 5.01. The van der Waals surface area contributed by atoms with Crippen LogP contribution in [0.25, 0.3) is 0 Å². The van der Waals surface area contributed by atoms with E-state index in [2.05, 4.69) is 55.9 Å². The fraction of sp³-hybridized carbons (Fsp3) is 0.263. The lowest BCUT2D eigenvalue weighted by Crippen LogP contribution is -2.17. The lowest BCUT2D eigenvalue weighted by Gasteiger charge is -2.24. The van der Waals surface area contributed by atoms with Gasteiger partial charge in [0.15, 0.2) is 0 Å². The highest BCUT2D eigenvalue weighted by molar-refractivity contribution is 6.30. The average Bonchev–Trinajstić information content (AvgIpc) is 2.47. The highest BCUT2D eigenvalue weighted by atomic mass is 35.5. The van der Waals surface area contributed by atoms with Crippen LogP contribution in [0, 0.1) is 5.41 Å². The van der Waals surface area contributed by atoms with Gasteiger partial charge in [-0.2, -0.15) is 0 Å². The first-order chi connectivity index (χ1) is 9.97. The van der Waals surface area contributed by atoms with Crippen LogP contribution in [0.1, 0.15) is 26.3 Å². The van der Waals surface area contributed by atoms with Gasteiger partial charge < -0.3 is 0 Å². The van der Waals surface area contributed by atoms with E-state index in [4.69, 9.17) is 11.6 Å². The smallest absolute Gasteiger partial charge is 0.0730 e. The summed E-state index contributed by atoms with van der Waals surface area (Å²) in [6, 6.07) is 18.0. The van der Waals surface area contributed by atoms with Crippen LogP contribution in [-0.2, 0) is 6.42 Å². The summed E-state index contributed by atoms with van der Waals surface area (Å²) in [4.78, 5) is 4.41. The van der Waals surface area contributed by atoms with Crippen molar-refractivity contribution in [2.45, 2.75) is 27.2 Å². The Labute approximate surface area is 132 Å². The summed E-state index contributed by atoms with van der Waals surface area (Å²) < 4.78 is 0. The molecule has 1 nitrogen and oxygen atoms in total. The van der Waals surface area contributed by atoms with Gasteiger partial charge in [-0.25, -0.2) is 4.99 Å². The summed E-state index contributed by atoms with van der Waals surface area (Å²) in [6.07, 6.45) is 0.975. The number of nitrogens with zero attached hydrogens (tertiary/aromatic N) is 1. The molecule has 0 aliphatic heterocycles. The second-order valence-electron chi connectivity index (χ2n) is 5.87. The zero-order chi connectivity index (χ0) is 15.3. The molecule has 0 unspecified atom stereocenters. The molecule has 0 atom stereocenters. The third kappa shape index (κ3) is 4.60. The van der Waals surface area contributed by atoms with E-state index in [0.717, 1.165) is 22.7 Å². The summed E-state index contributed by atoms with van der Waals surface area (Å²) in [7, 11) is 0. The van der Waals surface area contributed by atoms with E-state index in [-0.39, 0.29) is 5.41 Å². The Hall–Kier alpha value is -1.82. The van der Waals surface area contributed by atoms with Crippen molar-refractivity contribution in [1.82, 2.24) is 0 Å². The van der Waals surface area contributed by atoms with Crippen molar-refractivity contribution in [2.75, 3.05) is 0 Å². The molecule has 0 aromatic heterocycles. The quantitative estimate of drug-likeness (QED) is 0.627. The van der Waals surface area contributed by atoms with Crippen LogP contribution in [-0.4, -0.2) is 5.87 Å². The first-order valence-corrected chi connectivity index (χ1v) is 7.45. The van der Waals surface area contributed by atoms with Gasteiger partial charge in [-0.1, -0.05) is 55.8 Å². The van der Waals surface area contributed by atoms with Crippen molar-refractivity contribution in [3.8, 4) is 0 Å². The standard InChI is InChI=1S/C19H20ClN/c1-15(14-21-18-11-9-17(20)10-12-18)19(2,3)13-16-7-5-4-6-8-16/h4-12H,13H2,1-3H3. The first-order valence-electron chi connectivity index (χ1n) is 7.08. The van der Waals surface area contributed by atoms with Crippen LogP contribution in [0.15, 0.2) is 65.2 Å². The van der Waals surface area contributed by atoms with Gasteiger partial charge in [0.1, 0.15) is 0 Å². The lowest BCUT2D eigenvalue weighted by atomic mass is 9.80. The van der Waals surface area contributed by atoms with Gasteiger partial charge in [-0.15, -0.1) is 0 Å². The Bertz CT molecular complexity index is 648. The van der Waals surface area contributed by atoms with E-state index in [1.165, 1.54) is 5.56 Å². The van der Waals surface area contributed by atoms with Gasteiger partial charge in [-0.3, -0.25) is 0 Å². The van der Waals surface area contributed by atoms with Gasteiger partial charge in [0, 0.05) is 5.02 Å². The molecule has 0 spiro atoms. The molecule has 0 aliphatic rings. The molecule has 2 aromatic rings. The van der Waals surface area contributed by atoms with E-state index in [9.17, 15) is 0 Å². The number of allylic oxidation sites excluding steroid dienone is 1. The third-order valence-electron chi connectivity index (χ3n) is 3.68. The zero-order valence-corrected chi connectivity index (χ0v) is 13.5. The maximum absolute atomic E-state index is 5.87. The fourth-order valence-electron chi connectivity index (χ4n) is 2.05. The Morgan fingerprint density at radius 3 is 2.29 bits per heavy atom. The van der Waals surface area contributed by atoms with Crippen molar-refractivity contribution in [3.05, 3.63) is 70.8 Å². The van der Waals surface area contributed by atoms with E-state index in [0.29, 0.717) is 0 Å². The van der Waals surface area contributed by atoms with Crippen LogP contribution in [0.5, 0.6) is 0 Å². The van der Waals surface area contributed by atoms with Crippen molar-refractivity contribution in [1.29, 1.82) is 0 Å². The predicted molar refractivity (Wildman–Crippen MR) is 91.7 cm³/mol. The second-order valence-corrected chi connectivity index (χ2v) is 6.31. The Morgan fingerprint density at radius 2 is 1.67 bits per heavy atom. The molecule has 21 heavy (non-hydrogen) atoms. The molecule has 0 bridgehead atoms. The summed E-state index contributed by atoms with van der Waals surface area (Å²) >= 11 is 5.87. The lowest BCUT2D eigenvalue weighted by molar-refractivity contribution is 0.449. The van der Waals surface area contributed by atoms with Crippen LogP contribution < -0.4 is 0 Å². The summed E-state index contributed by atoms with van der Waals surface area (Å²) in [6.45, 7) is 6.53. The van der Waals surface area contributed by atoms with E-state index >= 15 is 0 Å². The number of benzene rings is 2. The molecular formula is C19H20ClN. The SMILES string of the molecule is CC(=C=Nc1ccc(Cl)cc1)C(C)(C)Cc1ccccc1. The van der Waals surface area contributed by atoms with Crippen LogP contribution in [0.4, 0.5) is 5.69 Å². The highest BCUT2D eigenvalue weighted by Crippen LogP contribution is 2.29. The number of aliphatic imine (C=N–C) groups is 1. The highest BCUT2D eigenvalue weighted by Gasteiger charge is 2.20. The molecule has 0 aliphatic carbocycles. The predicted octanol–water partition coefficient (Wildman–Crippen LogP) is 5.86. The molecule has 0 radical (unpaired) electrons. The molecule has 0 fully saturated rings. The van der Waals surface area contributed by atoms with Crippen LogP contribution in [0.2, 0.25) is 5.02 Å². The largest absolute Gasteiger partial charge is 0.206 e. The maximum atomic E-state index is 5.87. The minimum absolute atomic E-state index is 0.0251. The molecule has 2 aromatic carbocycles. The first kappa shape index (κ1) is 15.6. The van der Waals surface area contributed by atoms with Crippen molar-refractivity contribution in [3.63, 3.8) is 0 Å². The van der Waals surface area contributed by atoms with Crippen molar-refractivity contribution in [2.24, 2.45) is 10.4 Å². The monoisotopic (exact) mass is 297 g/mol. The van der Waals surface area contributed by atoms with Crippen molar-refractivity contribution < 1.29 is 0 Å². The molecule has 108 valence electrons. The van der Waals surface area contributed by atoms with Gasteiger partial charge in [0.2, 0.25) is 0 Å². The number of halogens is 1. The van der Waals surface area contributed by atoms with E-state index < -0.39 is 0 Å². The van der Waals surface area contributed by atoms with Gasteiger partial charge in [0.25, 0.3) is 0 Å². The minimum atomic E-state index is 0.0251. The molecule has 2 rings (SSSR count). The normalized spacial score (nSPS) is 10.9. The maximum Gasteiger partial charge on any atom is 0.0730 e. The minimum Gasteiger partial charge on any atom is -0.206 e.